The average Bonchev–Trinajstić information content (AvgIpc) is 3.17. The zero-order chi connectivity index (χ0) is 19.3. The Labute approximate surface area is 164 Å². The van der Waals surface area contributed by atoms with Gasteiger partial charge in [0.2, 0.25) is 5.72 Å². The third-order valence-electron chi connectivity index (χ3n) is 6.28. The molecule has 6 heteroatoms. The van der Waals surface area contributed by atoms with Crippen molar-refractivity contribution in [1.29, 1.82) is 0 Å². The molecule has 3 aliphatic heterocycles. The number of rotatable bonds is 2. The molecule has 1 fully saturated rings. The van der Waals surface area contributed by atoms with Crippen molar-refractivity contribution in [3.63, 3.8) is 0 Å². The highest BCUT2D eigenvalue weighted by atomic mass is 16.5. The number of piperidine rings is 1. The number of phenols is 2. The smallest absolute Gasteiger partial charge is 0.200 e. The molecule has 0 radical (unpaired) electrons. The van der Waals surface area contributed by atoms with Gasteiger partial charge in [-0.3, -0.25) is 0 Å². The minimum Gasteiger partial charge on any atom is -0.508 e. The summed E-state index contributed by atoms with van der Waals surface area (Å²) in [5, 5.41) is 27.3. The molecule has 2 aromatic carbocycles. The highest BCUT2D eigenvalue weighted by Gasteiger charge is 2.51. The summed E-state index contributed by atoms with van der Waals surface area (Å²) in [4.78, 5) is 2.44. The van der Waals surface area contributed by atoms with E-state index < -0.39 is 5.72 Å². The Morgan fingerprint density at radius 2 is 1.93 bits per heavy atom. The number of benzene rings is 2. The third kappa shape index (κ3) is 2.63. The molecule has 0 saturated carbocycles. The van der Waals surface area contributed by atoms with Crippen molar-refractivity contribution in [2.75, 3.05) is 19.6 Å². The van der Waals surface area contributed by atoms with Gasteiger partial charge in [-0.05, 0) is 30.8 Å². The van der Waals surface area contributed by atoms with E-state index in [1.807, 2.05) is 18.2 Å². The molecule has 3 heterocycles. The Morgan fingerprint density at radius 3 is 2.71 bits per heavy atom. The molecule has 0 aromatic heterocycles. The molecule has 1 saturated heterocycles. The molecule has 0 aliphatic carbocycles. The molecule has 28 heavy (non-hydrogen) atoms. The van der Waals surface area contributed by atoms with Crippen LogP contribution in [0.15, 0.2) is 47.6 Å². The standard InChI is InChI=1S/C22H25N3O3/c1-2-24-11-9-22(10-12-24)25-19(16-5-3-4-6-21(16)28-22)14-18(23-25)17-13-15(26)7-8-20(17)27/h3-8,13,19,26-27H,2,9-12,14H2,1H3. The van der Waals surface area contributed by atoms with Crippen LogP contribution in [0, 0.1) is 0 Å². The van der Waals surface area contributed by atoms with Crippen LogP contribution in [0.1, 0.15) is 43.4 Å². The van der Waals surface area contributed by atoms with E-state index in [0.717, 1.165) is 49.5 Å². The van der Waals surface area contributed by atoms with Crippen LogP contribution in [0.3, 0.4) is 0 Å². The molecule has 6 nitrogen and oxygen atoms in total. The van der Waals surface area contributed by atoms with Crippen LogP contribution >= 0.6 is 0 Å². The molecule has 0 bridgehead atoms. The van der Waals surface area contributed by atoms with Crippen LogP contribution in [0.4, 0.5) is 0 Å². The average molecular weight is 379 g/mol. The fraction of sp³-hybridized carbons (Fsp3) is 0.409. The Morgan fingerprint density at radius 1 is 1.14 bits per heavy atom. The predicted molar refractivity (Wildman–Crippen MR) is 107 cm³/mol. The van der Waals surface area contributed by atoms with Gasteiger partial charge in [-0.15, -0.1) is 0 Å². The summed E-state index contributed by atoms with van der Waals surface area (Å²) in [7, 11) is 0. The number of ether oxygens (including phenoxy) is 1. The summed E-state index contributed by atoms with van der Waals surface area (Å²) < 4.78 is 6.59. The lowest BCUT2D eigenvalue weighted by Gasteiger charge is -2.51. The highest BCUT2D eigenvalue weighted by molar-refractivity contribution is 6.04. The van der Waals surface area contributed by atoms with E-state index in [4.69, 9.17) is 9.84 Å². The van der Waals surface area contributed by atoms with Crippen molar-refractivity contribution < 1.29 is 14.9 Å². The van der Waals surface area contributed by atoms with Gasteiger partial charge in [0, 0.05) is 43.5 Å². The summed E-state index contributed by atoms with van der Waals surface area (Å²) in [6, 6.07) is 12.9. The van der Waals surface area contributed by atoms with Crippen molar-refractivity contribution >= 4 is 5.71 Å². The second-order valence-corrected chi connectivity index (χ2v) is 7.83. The maximum atomic E-state index is 10.3. The normalized spacial score (nSPS) is 23.1. The van der Waals surface area contributed by atoms with Gasteiger partial charge in [-0.1, -0.05) is 25.1 Å². The van der Waals surface area contributed by atoms with Crippen LogP contribution < -0.4 is 4.74 Å². The van der Waals surface area contributed by atoms with Gasteiger partial charge in [0.15, 0.2) is 0 Å². The van der Waals surface area contributed by atoms with Crippen molar-refractivity contribution in [2.24, 2.45) is 5.10 Å². The van der Waals surface area contributed by atoms with E-state index in [9.17, 15) is 10.2 Å². The molecule has 1 unspecified atom stereocenters. The van der Waals surface area contributed by atoms with E-state index >= 15 is 0 Å². The Kier molecular flexibility index (Phi) is 3.98. The lowest BCUT2D eigenvalue weighted by molar-refractivity contribution is -0.149. The Balaban J connectivity index is 1.57. The van der Waals surface area contributed by atoms with Crippen LogP contribution in [0.5, 0.6) is 17.2 Å². The summed E-state index contributed by atoms with van der Waals surface area (Å²) in [5.41, 5.74) is 2.05. The molecule has 5 rings (SSSR count). The van der Waals surface area contributed by atoms with Gasteiger partial charge < -0.3 is 19.8 Å². The summed E-state index contributed by atoms with van der Waals surface area (Å²) in [6.45, 7) is 5.19. The number of fused-ring (bicyclic) bond motifs is 4. The molecule has 1 atom stereocenters. The fourth-order valence-electron chi connectivity index (χ4n) is 4.70. The molecule has 1 spiro atoms. The second-order valence-electron chi connectivity index (χ2n) is 7.83. The topological polar surface area (TPSA) is 68.5 Å². The van der Waals surface area contributed by atoms with Gasteiger partial charge in [-0.25, -0.2) is 5.01 Å². The number of hydrogen-bond acceptors (Lipinski definition) is 6. The van der Waals surface area contributed by atoms with Crippen molar-refractivity contribution in [2.45, 2.75) is 38.0 Å². The fourth-order valence-corrected chi connectivity index (χ4v) is 4.70. The third-order valence-corrected chi connectivity index (χ3v) is 6.28. The number of nitrogens with zero attached hydrogens (tertiary/aromatic N) is 3. The largest absolute Gasteiger partial charge is 0.508 e. The maximum absolute atomic E-state index is 10.3. The van der Waals surface area contributed by atoms with E-state index in [-0.39, 0.29) is 17.5 Å². The van der Waals surface area contributed by atoms with Gasteiger partial charge in [0.25, 0.3) is 0 Å². The minimum absolute atomic E-state index is 0.0786. The van der Waals surface area contributed by atoms with Gasteiger partial charge in [0.05, 0.1) is 11.8 Å². The monoisotopic (exact) mass is 379 g/mol. The zero-order valence-corrected chi connectivity index (χ0v) is 16.0. The van der Waals surface area contributed by atoms with E-state index in [1.165, 1.54) is 12.1 Å². The SMILES string of the molecule is CCN1CCC2(CC1)Oc1ccccc1C1CC(c3cc(O)ccc3O)=NN12. The lowest BCUT2D eigenvalue weighted by Crippen LogP contribution is -2.59. The molecule has 2 aromatic rings. The van der Waals surface area contributed by atoms with E-state index in [0.29, 0.717) is 12.0 Å². The number of para-hydroxylation sites is 1. The Hall–Kier alpha value is -2.73. The van der Waals surface area contributed by atoms with Crippen LogP contribution in [-0.4, -0.2) is 51.2 Å². The molecule has 3 aliphatic rings. The first-order chi connectivity index (χ1) is 13.6. The zero-order valence-electron chi connectivity index (χ0n) is 16.0. The van der Waals surface area contributed by atoms with Crippen LogP contribution in [-0.2, 0) is 0 Å². The Bertz CT molecular complexity index is 934. The number of hydrazone groups is 1. The van der Waals surface area contributed by atoms with Crippen LogP contribution in [0.2, 0.25) is 0 Å². The van der Waals surface area contributed by atoms with Gasteiger partial charge in [0.1, 0.15) is 17.2 Å². The molecular weight excluding hydrogens is 354 g/mol. The maximum Gasteiger partial charge on any atom is 0.200 e. The first kappa shape index (κ1) is 17.4. The van der Waals surface area contributed by atoms with Crippen molar-refractivity contribution in [1.82, 2.24) is 9.91 Å². The van der Waals surface area contributed by atoms with Crippen LogP contribution in [0.25, 0.3) is 0 Å². The lowest BCUT2D eigenvalue weighted by atomic mass is 9.90. The predicted octanol–water partition coefficient (Wildman–Crippen LogP) is 3.45. The quantitative estimate of drug-likeness (QED) is 0.782. The summed E-state index contributed by atoms with van der Waals surface area (Å²) in [6.07, 6.45) is 2.44. The molecular formula is C22H25N3O3. The molecule has 0 amide bonds. The number of aromatic hydroxyl groups is 2. The summed E-state index contributed by atoms with van der Waals surface area (Å²) in [5.74, 6) is 1.20. The van der Waals surface area contributed by atoms with Gasteiger partial charge in [-0.2, -0.15) is 5.10 Å². The number of hydrogen-bond donors (Lipinski definition) is 2. The number of phenolic OH excluding ortho intramolecular Hbond substituents is 2. The highest BCUT2D eigenvalue weighted by Crippen LogP contribution is 2.50. The first-order valence-electron chi connectivity index (χ1n) is 9.99. The van der Waals surface area contributed by atoms with E-state index in [2.05, 4.69) is 22.9 Å². The van der Waals surface area contributed by atoms with Crippen molar-refractivity contribution in [3.8, 4) is 17.2 Å². The van der Waals surface area contributed by atoms with E-state index in [1.54, 1.807) is 6.07 Å². The minimum atomic E-state index is -0.459. The summed E-state index contributed by atoms with van der Waals surface area (Å²) >= 11 is 0. The number of likely N-dealkylation sites (tertiary alicyclic amines) is 1. The van der Waals surface area contributed by atoms with Gasteiger partial charge >= 0.3 is 0 Å². The van der Waals surface area contributed by atoms with Crippen molar-refractivity contribution in [3.05, 3.63) is 53.6 Å². The second kappa shape index (κ2) is 6.41. The molecule has 146 valence electrons. The molecule has 2 N–H and O–H groups in total. The first-order valence-corrected chi connectivity index (χ1v) is 9.99.